The largest absolute Gasteiger partial charge is 0.337 e. The van der Waals surface area contributed by atoms with Crippen LogP contribution in [0.3, 0.4) is 0 Å². The third kappa shape index (κ3) is 3.16. The van der Waals surface area contributed by atoms with Crippen molar-refractivity contribution in [2.45, 2.75) is 58.0 Å². The number of carbonyl (C=O) groups excluding carboxylic acids is 2. The predicted molar refractivity (Wildman–Crippen MR) is 86.5 cm³/mol. The summed E-state index contributed by atoms with van der Waals surface area (Å²) in [7, 11) is 0. The molecule has 0 spiro atoms. The maximum absolute atomic E-state index is 12.5. The van der Waals surface area contributed by atoms with Gasteiger partial charge in [-0.05, 0) is 51.2 Å². The fraction of sp³-hybridized carbons (Fsp3) is 0.556. The molecule has 1 saturated carbocycles. The summed E-state index contributed by atoms with van der Waals surface area (Å²) >= 11 is 0. The molecule has 2 amide bonds. The lowest BCUT2D eigenvalue weighted by Crippen LogP contribution is -2.39. The van der Waals surface area contributed by atoms with Gasteiger partial charge in [-0.15, -0.1) is 0 Å². The van der Waals surface area contributed by atoms with Gasteiger partial charge in [0.1, 0.15) is 0 Å². The van der Waals surface area contributed by atoms with Gasteiger partial charge in [-0.1, -0.05) is 18.2 Å². The first kappa shape index (κ1) is 15.1. The molecule has 2 aliphatic rings. The molecule has 1 aliphatic heterocycles. The van der Waals surface area contributed by atoms with Crippen molar-refractivity contribution in [2.75, 3.05) is 5.32 Å². The molecule has 0 bridgehead atoms. The minimum absolute atomic E-state index is 0.0500. The molecule has 0 radical (unpaired) electrons. The van der Waals surface area contributed by atoms with E-state index in [1.54, 1.807) is 0 Å². The van der Waals surface area contributed by atoms with Crippen LogP contribution < -0.4 is 5.32 Å². The highest BCUT2D eigenvalue weighted by molar-refractivity contribution is 5.96. The quantitative estimate of drug-likeness (QED) is 0.909. The van der Waals surface area contributed by atoms with Gasteiger partial charge in [0.05, 0.1) is 0 Å². The molecule has 1 N–H and O–H groups in total. The average Bonchev–Trinajstić information content (AvgIpc) is 3.29. The zero-order valence-electron chi connectivity index (χ0n) is 13.3. The van der Waals surface area contributed by atoms with Crippen molar-refractivity contribution in [1.29, 1.82) is 0 Å². The van der Waals surface area contributed by atoms with Gasteiger partial charge < -0.3 is 10.2 Å². The Hall–Kier alpha value is -1.84. The molecule has 1 aromatic rings. The van der Waals surface area contributed by atoms with Crippen LogP contribution in [0.4, 0.5) is 5.69 Å². The lowest BCUT2D eigenvalue weighted by Gasteiger charge is -2.28. The van der Waals surface area contributed by atoms with Gasteiger partial charge >= 0.3 is 0 Å². The van der Waals surface area contributed by atoms with Crippen molar-refractivity contribution >= 4 is 17.5 Å². The second-order valence-corrected chi connectivity index (χ2v) is 6.71. The van der Waals surface area contributed by atoms with E-state index in [-0.39, 0.29) is 23.8 Å². The molecule has 3 rings (SSSR count). The van der Waals surface area contributed by atoms with E-state index in [1.165, 1.54) is 5.56 Å². The number of nitrogens with one attached hydrogen (secondary N) is 1. The van der Waals surface area contributed by atoms with Crippen molar-refractivity contribution in [3.8, 4) is 0 Å². The molecule has 4 nitrogen and oxygen atoms in total. The first-order valence-corrected chi connectivity index (χ1v) is 8.26. The molecule has 1 fully saturated rings. The molecule has 1 unspecified atom stereocenters. The van der Waals surface area contributed by atoms with Crippen molar-refractivity contribution < 1.29 is 9.59 Å². The minimum atomic E-state index is -0.0907. The van der Waals surface area contributed by atoms with E-state index in [2.05, 4.69) is 19.2 Å². The molecule has 0 aromatic heterocycles. The normalized spacial score (nSPS) is 20.5. The Morgan fingerprint density at radius 2 is 2.05 bits per heavy atom. The first-order valence-electron chi connectivity index (χ1n) is 8.26. The maximum Gasteiger partial charge on any atom is 0.227 e. The molecule has 1 atom stereocenters. The van der Waals surface area contributed by atoms with Crippen molar-refractivity contribution in [1.82, 2.24) is 4.90 Å². The van der Waals surface area contributed by atoms with Crippen LogP contribution in [0, 0.1) is 5.92 Å². The average molecular weight is 300 g/mol. The number of anilines is 1. The first-order chi connectivity index (χ1) is 10.6. The van der Waals surface area contributed by atoms with E-state index in [0.717, 1.165) is 24.9 Å². The number of nitrogens with zero attached hydrogens (tertiary/aromatic N) is 1. The summed E-state index contributed by atoms with van der Waals surface area (Å²) in [6.45, 7) is 4.14. The van der Waals surface area contributed by atoms with E-state index < -0.39 is 0 Å². The van der Waals surface area contributed by atoms with Crippen LogP contribution in [0.1, 0.15) is 45.1 Å². The SMILES string of the molecule is CC(C)N(C(=O)CCC1Cc2ccccc2NC1=O)C1CC1. The topological polar surface area (TPSA) is 49.4 Å². The second-order valence-electron chi connectivity index (χ2n) is 6.71. The molecule has 118 valence electrons. The Balaban J connectivity index is 1.59. The van der Waals surface area contributed by atoms with E-state index in [9.17, 15) is 9.59 Å². The summed E-state index contributed by atoms with van der Waals surface area (Å²) in [4.78, 5) is 26.6. The number of rotatable bonds is 5. The number of benzene rings is 1. The van der Waals surface area contributed by atoms with Crippen LogP contribution in [0.2, 0.25) is 0 Å². The fourth-order valence-electron chi connectivity index (χ4n) is 3.34. The molecule has 0 saturated heterocycles. The Labute approximate surface area is 131 Å². The lowest BCUT2D eigenvalue weighted by molar-refractivity contribution is -0.134. The zero-order valence-corrected chi connectivity index (χ0v) is 13.3. The van der Waals surface area contributed by atoms with Crippen molar-refractivity contribution in [3.63, 3.8) is 0 Å². The van der Waals surface area contributed by atoms with Gasteiger partial charge in [0.25, 0.3) is 0 Å². The summed E-state index contributed by atoms with van der Waals surface area (Å²) in [6.07, 6.45) is 4.09. The number of hydrogen-bond acceptors (Lipinski definition) is 2. The van der Waals surface area contributed by atoms with E-state index in [1.807, 2.05) is 29.2 Å². The monoisotopic (exact) mass is 300 g/mol. The molecule has 1 heterocycles. The van der Waals surface area contributed by atoms with E-state index >= 15 is 0 Å². The minimum Gasteiger partial charge on any atom is -0.337 e. The molecule has 1 aromatic carbocycles. The van der Waals surface area contributed by atoms with E-state index in [0.29, 0.717) is 18.9 Å². The number of hydrogen-bond donors (Lipinski definition) is 1. The molecule has 4 heteroatoms. The van der Waals surface area contributed by atoms with Gasteiger partial charge in [0.15, 0.2) is 0 Å². The van der Waals surface area contributed by atoms with Gasteiger partial charge in [0, 0.05) is 30.1 Å². The molecular weight excluding hydrogens is 276 g/mol. The number of amides is 2. The highest BCUT2D eigenvalue weighted by Gasteiger charge is 2.34. The van der Waals surface area contributed by atoms with Gasteiger partial charge in [-0.2, -0.15) is 0 Å². The zero-order chi connectivity index (χ0) is 15.7. The van der Waals surface area contributed by atoms with E-state index in [4.69, 9.17) is 0 Å². The summed E-state index contributed by atoms with van der Waals surface area (Å²) in [6, 6.07) is 8.59. The Bertz CT molecular complexity index is 576. The van der Waals surface area contributed by atoms with Crippen LogP contribution in [0.5, 0.6) is 0 Å². The molecule has 1 aliphatic carbocycles. The fourth-order valence-corrected chi connectivity index (χ4v) is 3.34. The maximum atomic E-state index is 12.5. The second kappa shape index (κ2) is 6.11. The number of carbonyl (C=O) groups is 2. The third-order valence-corrected chi connectivity index (χ3v) is 4.60. The van der Waals surface area contributed by atoms with Crippen LogP contribution >= 0.6 is 0 Å². The van der Waals surface area contributed by atoms with Gasteiger partial charge in [-0.3, -0.25) is 9.59 Å². The standard InChI is InChI=1S/C18H24N2O2/c1-12(2)20(15-8-9-15)17(21)10-7-14-11-13-5-3-4-6-16(13)19-18(14)22/h3-6,12,14-15H,7-11H2,1-2H3,(H,19,22). The number of fused-ring (bicyclic) bond motifs is 1. The summed E-state index contributed by atoms with van der Waals surface area (Å²) < 4.78 is 0. The molecule has 22 heavy (non-hydrogen) atoms. The van der Waals surface area contributed by atoms with Crippen molar-refractivity contribution in [2.24, 2.45) is 5.92 Å². The Kier molecular flexibility index (Phi) is 4.19. The van der Waals surface area contributed by atoms with Gasteiger partial charge in [0.2, 0.25) is 11.8 Å². The van der Waals surface area contributed by atoms with Crippen LogP contribution in [-0.2, 0) is 16.0 Å². The third-order valence-electron chi connectivity index (χ3n) is 4.60. The van der Waals surface area contributed by atoms with Crippen LogP contribution in [-0.4, -0.2) is 28.8 Å². The predicted octanol–water partition coefficient (Wildman–Crippen LogP) is 2.98. The Morgan fingerprint density at radius 3 is 2.73 bits per heavy atom. The summed E-state index contributed by atoms with van der Waals surface area (Å²) in [5.41, 5.74) is 2.08. The van der Waals surface area contributed by atoms with Crippen LogP contribution in [0.15, 0.2) is 24.3 Å². The Morgan fingerprint density at radius 1 is 1.32 bits per heavy atom. The highest BCUT2D eigenvalue weighted by Crippen LogP contribution is 2.31. The summed E-state index contributed by atoms with van der Waals surface area (Å²) in [5, 5.41) is 2.96. The smallest absolute Gasteiger partial charge is 0.227 e. The lowest BCUT2D eigenvalue weighted by atomic mass is 9.89. The molecular formula is C18H24N2O2. The summed E-state index contributed by atoms with van der Waals surface area (Å²) in [5.74, 6) is 0.158. The number of para-hydroxylation sites is 1. The highest BCUT2D eigenvalue weighted by atomic mass is 16.2. The van der Waals surface area contributed by atoms with Gasteiger partial charge in [-0.25, -0.2) is 0 Å². The van der Waals surface area contributed by atoms with Crippen molar-refractivity contribution in [3.05, 3.63) is 29.8 Å². The van der Waals surface area contributed by atoms with Crippen LogP contribution in [0.25, 0.3) is 0 Å².